The molecular weight excluding hydrogens is 380 g/mol. The maximum Gasteiger partial charge on any atom is 0.494 e. The van der Waals surface area contributed by atoms with Gasteiger partial charge in [0.1, 0.15) is 5.69 Å². The highest BCUT2D eigenvalue weighted by Gasteiger charge is 2.51. The van der Waals surface area contributed by atoms with Gasteiger partial charge in [0.25, 0.3) is 0 Å². The summed E-state index contributed by atoms with van der Waals surface area (Å²) in [5.74, 6) is -3.68. The van der Waals surface area contributed by atoms with E-state index < -0.39 is 47.2 Å². The Kier molecular flexibility index (Phi) is 4.83. The van der Waals surface area contributed by atoms with Gasteiger partial charge >= 0.3 is 19.2 Å². The Morgan fingerprint density at radius 2 is 1.36 bits per heavy atom. The van der Waals surface area contributed by atoms with Crippen molar-refractivity contribution in [1.82, 2.24) is 4.98 Å². The molecule has 0 N–H and O–H groups in total. The minimum Gasteiger partial charge on any atom is -0.399 e. The smallest absolute Gasteiger partial charge is 0.399 e. The van der Waals surface area contributed by atoms with Crippen molar-refractivity contribution in [3.8, 4) is 0 Å². The van der Waals surface area contributed by atoms with E-state index in [4.69, 9.17) is 9.31 Å². The number of alkyl halides is 5. The fraction of sp³-hybridized carbons (Fsp3) is 0.421. The largest absolute Gasteiger partial charge is 0.494 e. The molecule has 1 saturated heterocycles. The summed E-state index contributed by atoms with van der Waals surface area (Å²) in [7, 11) is -0.723. The maximum atomic E-state index is 14.7. The Bertz CT molecular complexity index is 849. The normalized spacial score (nSPS) is 19.1. The molecule has 0 amide bonds. The Labute approximate surface area is 160 Å². The van der Waals surface area contributed by atoms with Crippen molar-refractivity contribution in [2.75, 3.05) is 0 Å². The van der Waals surface area contributed by atoms with Crippen LogP contribution in [0.1, 0.15) is 44.5 Å². The highest BCUT2D eigenvalue weighted by Crippen LogP contribution is 2.38. The van der Waals surface area contributed by atoms with Crippen molar-refractivity contribution in [3.63, 3.8) is 0 Å². The third kappa shape index (κ3) is 3.65. The van der Waals surface area contributed by atoms with E-state index in [0.29, 0.717) is 17.6 Å². The molecule has 2 aromatic rings. The predicted octanol–water partition coefficient (Wildman–Crippen LogP) is 4.54. The molecule has 28 heavy (non-hydrogen) atoms. The fourth-order valence-electron chi connectivity index (χ4n) is 2.76. The lowest BCUT2D eigenvalue weighted by Crippen LogP contribution is -2.41. The zero-order valence-electron chi connectivity index (χ0n) is 15.8. The summed E-state index contributed by atoms with van der Waals surface area (Å²) in [6.45, 7) is 7.48. The molecular formula is C19H19BF5NO2. The molecule has 0 saturated carbocycles. The number of hydrogen-bond acceptors (Lipinski definition) is 3. The summed E-state index contributed by atoms with van der Waals surface area (Å²) in [6.07, 6.45) is -4.00. The highest BCUT2D eigenvalue weighted by molar-refractivity contribution is 6.62. The third-order valence-corrected chi connectivity index (χ3v) is 5.21. The molecule has 1 aromatic heterocycles. The lowest BCUT2D eigenvalue weighted by molar-refractivity contribution is -0.137. The summed E-state index contributed by atoms with van der Waals surface area (Å²) in [6, 6.07) is 6.13. The van der Waals surface area contributed by atoms with E-state index in [1.165, 1.54) is 12.1 Å². The van der Waals surface area contributed by atoms with Gasteiger partial charge in [-0.05, 0) is 45.3 Å². The minimum atomic E-state index is -4.73. The third-order valence-electron chi connectivity index (χ3n) is 5.21. The first-order valence-electron chi connectivity index (χ1n) is 8.62. The van der Waals surface area contributed by atoms with Gasteiger partial charge in [-0.2, -0.15) is 22.0 Å². The van der Waals surface area contributed by atoms with Crippen LogP contribution in [0.15, 0.2) is 42.6 Å². The Morgan fingerprint density at radius 1 is 0.821 bits per heavy atom. The van der Waals surface area contributed by atoms with E-state index in [9.17, 15) is 22.0 Å². The van der Waals surface area contributed by atoms with E-state index in [0.717, 1.165) is 18.3 Å². The number of hydrogen-bond donors (Lipinski definition) is 0. The molecule has 150 valence electrons. The van der Waals surface area contributed by atoms with Crippen LogP contribution in [0, 0.1) is 0 Å². The highest BCUT2D eigenvalue weighted by atomic mass is 19.4. The number of rotatable bonds is 3. The lowest BCUT2D eigenvalue weighted by Gasteiger charge is -2.32. The molecule has 1 aromatic carbocycles. The zero-order chi connectivity index (χ0) is 21.0. The Morgan fingerprint density at radius 3 is 1.86 bits per heavy atom. The van der Waals surface area contributed by atoms with Crippen molar-refractivity contribution >= 4 is 12.6 Å². The monoisotopic (exact) mass is 399 g/mol. The Balaban J connectivity index is 1.87. The number of pyridine rings is 1. The summed E-state index contributed by atoms with van der Waals surface area (Å²) in [4.78, 5) is 3.44. The van der Waals surface area contributed by atoms with E-state index in [1.54, 1.807) is 0 Å². The molecule has 3 nitrogen and oxygen atoms in total. The second kappa shape index (κ2) is 6.52. The fourth-order valence-corrected chi connectivity index (χ4v) is 2.76. The van der Waals surface area contributed by atoms with Gasteiger partial charge in [0.05, 0.1) is 16.8 Å². The molecule has 0 radical (unpaired) electrons. The van der Waals surface area contributed by atoms with Crippen molar-refractivity contribution in [2.45, 2.75) is 51.0 Å². The Hall–Kier alpha value is -2.00. The van der Waals surface area contributed by atoms with Gasteiger partial charge in [-0.25, -0.2) is 0 Å². The molecule has 1 fully saturated rings. The number of benzene rings is 1. The molecule has 0 atom stereocenters. The first-order valence-corrected chi connectivity index (χ1v) is 8.62. The van der Waals surface area contributed by atoms with Crippen LogP contribution in [-0.2, 0) is 21.4 Å². The van der Waals surface area contributed by atoms with Crippen LogP contribution < -0.4 is 5.46 Å². The predicted molar refractivity (Wildman–Crippen MR) is 94.4 cm³/mol. The van der Waals surface area contributed by atoms with Crippen molar-refractivity contribution in [2.24, 2.45) is 0 Å². The van der Waals surface area contributed by atoms with Crippen molar-refractivity contribution in [3.05, 3.63) is 59.4 Å². The molecule has 0 bridgehead atoms. The number of halogens is 5. The van der Waals surface area contributed by atoms with Crippen LogP contribution in [0.5, 0.6) is 0 Å². The summed E-state index contributed by atoms with van der Waals surface area (Å²) < 4.78 is 79.6. The molecule has 2 heterocycles. The molecule has 0 aliphatic carbocycles. The van der Waals surface area contributed by atoms with Gasteiger partial charge in [-0.3, -0.25) is 4.98 Å². The molecule has 0 unspecified atom stereocenters. The molecule has 9 heteroatoms. The van der Waals surface area contributed by atoms with Gasteiger partial charge < -0.3 is 9.31 Å². The molecule has 1 aliphatic rings. The minimum absolute atomic E-state index is 0.363. The summed E-state index contributed by atoms with van der Waals surface area (Å²) >= 11 is 0. The van der Waals surface area contributed by atoms with Crippen molar-refractivity contribution in [1.29, 1.82) is 0 Å². The van der Waals surface area contributed by atoms with Crippen LogP contribution >= 0.6 is 0 Å². The van der Waals surface area contributed by atoms with Gasteiger partial charge in [-0.15, -0.1) is 0 Å². The second-order valence-electron chi connectivity index (χ2n) is 7.71. The topological polar surface area (TPSA) is 31.4 Å². The van der Waals surface area contributed by atoms with Crippen LogP contribution in [0.2, 0.25) is 0 Å². The molecule has 1 aliphatic heterocycles. The lowest BCUT2D eigenvalue weighted by atomic mass is 9.78. The van der Waals surface area contributed by atoms with Gasteiger partial charge in [0.2, 0.25) is 0 Å². The van der Waals surface area contributed by atoms with E-state index in [-0.39, 0.29) is 0 Å². The van der Waals surface area contributed by atoms with E-state index >= 15 is 0 Å². The maximum absolute atomic E-state index is 14.7. The number of nitrogens with zero attached hydrogens (tertiary/aromatic N) is 1. The first kappa shape index (κ1) is 20.7. The summed E-state index contributed by atoms with van der Waals surface area (Å²) in [5, 5.41) is 0. The van der Waals surface area contributed by atoms with E-state index in [2.05, 4.69) is 4.98 Å². The summed E-state index contributed by atoms with van der Waals surface area (Å²) in [5.41, 5.74) is -3.24. The SMILES string of the molecule is CC1(C)OB(c2ccc(C(F)(F)c3cc(C(F)(F)F)ccn3)cc2)OC1(C)C. The van der Waals surface area contributed by atoms with Crippen LogP contribution in [0.3, 0.4) is 0 Å². The van der Waals surface area contributed by atoms with Crippen LogP contribution in [0.4, 0.5) is 22.0 Å². The van der Waals surface area contributed by atoms with Crippen LogP contribution in [0.25, 0.3) is 0 Å². The average Bonchev–Trinajstić information content (AvgIpc) is 2.82. The standard InChI is InChI=1S/C19H19BF5NO2/c1-16(2)17(3,4)28-20(27-16)14-7-5-12(6-8-14)18(21,22)15-11-13(9-10-26-15)19(23,24)25/h5-11H,1-4H3. The molecule has 0 spiro atoms. The average molecular weight is 399 g/mol. The molecule has 3 rings (SSSR count). The van der Waals surface area contributed by atoms with Gasteiger partial charge in [0.15, 0.2) is 0 Å². The number of aromatic nitrogens is 1. The zero-order valence-corrected chi connectivity index (χ0v) is 15.8. The van der Waals surface area contributed by atoms with Crippen molar-refractivity contribution < 1.29 is 31.3 Å². The van der Waals surface area contributed by atoms with Gasteiger partial charge in [-0.1, -0.05) is 24.3 Å². The van der Waals surface area contributed by atoms with Crippen LogP contribution in [-0.4, -0.2) is 23.3 Å². The second-order valence-corrected chi connectivity index (χ2v) is 7.71. The quantitative estimate of drug-likeness (QED) is 0.561. The van der Waals surface area contributed by atoms with E-state index in [1.807, 2.05) is 27.7 Å². The first-order chi connectivity index (χ1) is 12.7. The van der Waals surface area contributed by atoms with Gasteiger partial charge in [0, 0.05) is 11.8 Å².